The van der Waals surface area contributed by atoms with E-state index in [2.05, 4.69) is 5.32 Å². The number of carbonyl (C=O) groups excluding carboxylic acids is 1. The number of rotatable bonds is 5. The first-order chi connectivity index (χ1) is 8.47. The fraction of sp³-hybridized carbons (Fsp3) is 0.333. The number of nitrogens with one attached hydrogen (secondary N) is 1. The lowest BCUT2D eigenvalue weighted by molar-refractivity contribution is -0.139. The molecule has 0 radical (unpaired) electrons. The van der Waals surface area contributed by atoms with Gasteiger partial charge < -0.3 is 20.6 Å². The second-order valence-electron chi connectivity index (χ2n) is 3.85. The maximum absolute atomic E-state index is 11.8. The number of aliphatic hydroxyl groups is 1. The fourth-order valence-corrected chi connectivity index (χ4v) is 1.46. The second kappa shape index (κ2) is 6.02. The van der Waals surface area contributed by atoms with Crippen LogP contribution in [-0.2, 0) is 4.79 Å². The predicted octanol–water partition coefficient (Wildman–Crippen LogP) is 0.266. The highest BCUT2D eigenvalue weighted by Crippen LogP contribution is 2.21. The van der Waals surface area contributed by atoms with Crippen molar-refractivity contribution in [2.75, 3.05) is 6.61 Å². The molecule has 1 amide bonds. The lowest BCUT2D eigenvalue weighted by Gasteiger charge is -2.14. The number of aryl methyl sites for hydroxylation is 1. The van der Waals surface area contributed by atoms with Crippen LogP contribution < -0.4 is 5.32 Å². The highest BCUT2D eigenvalue weighted by molar-refractivity contribution is 5.99. The summed E-state index contributed by atoms with van der Waals surface area (Å²) in [4.78, 5) is 22.6. The monoisotopic (exact) mass is 253 g/mol. The van der Waals surface area contributed by atoms with Gasteiger partial charge >= 0.3 is 5.97 Å². The Bertz CT molecular complexity index is 458. The largest absolute Gasteiger partial charge is 0.507 e. The number of carboxylic acids is 1. The zero-order chi connectivity index (χ0) is 13.7. The van der Waals surface area contributed by atoms with Crippen LogP contribution in [0.25, 0.3) is 0 Å². The Morgan fingerprint density at radius 3 is 2.61 bits per heavy atom. The lowest BCUT2D eigenvalue weighted by Crippen LogP contribution is -2.41. The van der Waals surface area contributed by atoms with E-state index in [-0.39, 0.29) is 24.3 Å². The van der Waals surface area contributed by atoms with Gasteiger partial charge in [0.2, 0.25) is 0 Å². The third-order valence-corrected chi connectivity index (χ3v) is 2.50. The molecule has 0 aliphatic carbocycles. The minimum absolute atomic E-state index is 0.0131. The highest BCUT2D eigenvalue weighted by atomic mass is 16.4. The summed E-state index contributed by atoms with van der Waals surface area (Å²) in [6.07, 6.45) is -0.0896. The average molecular weight is 253 g/mol. The fourth-order valence-electron chi connectivity index (χ4n) is 1.46. The molecule has 0 saturated heterocycles. The van der Waals surface area contributed by atoms with Gasteiger partial charge in [-0.3, -0.25) is 4.79 Å². The Labute approximate surface area is 104 Å². The van der Waals surface area contributed by atoms with Crippen LogP contribution in [0.1, 0.15) is 22.3 Å². The number of amides is 1. The zero-order valence-electron chi connectivity index (χ0n) is 9.88. The maximum atomic E-state index is 11.8. The van der Waals surface area contributed by atoms with Gasteiger partial charge in [-0.25, -0.2) is 4.79 Å². The zero-order valence-corrected chi connectivity index (χ0v) is 9.88. The SMILES string of the molecule is Cc1cccc(C(=O)N[C@H](CCO)C(=O)O)c1O. The molecule has 0 aliphatic heterocycles. The van der Waals surface area contributed by atoms with E-state index in [4.69, 9.17) is 10.2 Å². The van der Waals surface area contributed by atoms with Crippen molar-refractivity contribution in [2.24, 2.45) is 0 Å². The molecule has 0 saturated carbocycles. The highest BCUT2D eigenvalue weighted by Gasteiger charge is 2.21. The van der Waals surface area contributed by atoms with Crippen LogP contribution in [0.4, 0.5) is 0 Å². The Balaban J connectivity index is 2.87. The van der Waals surface area contributed by atoms with Crippen molar-refractivity contribution in [2.45, 2.75) is 19.4 Å². The van der Waals surface area contributed by atoms with E-state index >= 15 is 0 Å². The molecule has 0 bridgehead atoms. The third kappa shape index (κ3) is 3.21. The third-order valence-electron chi connectivity index (χ3n) is 2.50. The van der Waals surface area contributed by atoms with Gasteiger partial charge in [0.05, 0.1) is 5.56 Å². The summed E-state index contributed by atoms with van der Waals surface area (Å²) in [6.45, 7) is 1.28. The van der Waals surface area contributed by atoms with E-state index in [1.165, 1.54) is 6.07 Å². The minimum Gasteiger partial charge on any atom is -0.507 e. The molecule has 1 aromatic rings. The van der Waals surface area contributed by atoms with E-state index in [1.807, 2.05) is 0 Å². The van der Waals surface area contributed by atoms with E-state index in [0.717, 1.165) is 0 Å². The minimum atomic E-state index is -1.23. The van der Waals surface area contributed by atoms with Crippen LogP contribution in [0.5, 0.6) is 5.75 Å². The first-order valence-electron chi connectivity index (χ1n) is 5.40. The summed E-state index contributed by atoms with van der Waals surface area (Å²) in [5.41, 5.74) is 0.538. The summed E-state index contributed by atoms with van der Waals surface area (Å²) >= 11 is 0. The standard InChI is InChI=1S/C12H15NO5/c1-7-3-2-4-8(10(7)15)11(16)13-9(5-6-14)12(17)18/h2-4,9,14-15H,5-6H2,1H3,(H,13,16)(H,17,18)/t9-/m1/s1. The molecule has 0 unspecified atom stereocenters. The molecule has 0 fully saturated rings. The summed E-state index contributed by atoms with van der Waals surface area (Å²) in [5, 5.41) is 29.5. The van der Waals surface area contributed by atoms with Crippen LogP contribution in [0.15, 0.2) is 18.2 Å². The quantitative estimate of drug-likeness (QED) is 0.602. The number of phenolic OH excluding ortho intramolecular Hbond substituents is 1. The first kappa shape index (κ1) is 14.0. The topological polar surface area (TPSA) is 107 Å². The molecule has 0 aromatic heterocycles. The number of benzene rings is 1. The van der Waals surface area contributed by atoms with Crippen LogP contribution >= 0.6 is 0 Å². The van der Waals surface area contributed by atoms with Crippen molar-refractivity contribution >= 4 is 11.9 Å². The molecule has 98 valence electrons. The van der Waals surface area contributed by atoms with Crippen LogP contribution in [0.3, 0.4) is 0 Å². The number of aliphatic carboxylic acids is 1. The van der Waals surface area contributed by atoms with Crippen molar-refractivity contribution in [3.8, 4) is 5.75 Å². The number of hydrogen-bond donors (Lipinski definition) is 4. The van der Waals surface area contributed by atoms with E-state index in [1.54, 1.807) is 19.1 Å². The summed E-state index contributed by atoms with van der Waals surface area (Å²) in [7, 11) is 0. The number of para-hydroxylation sites is 1. The molecular weight excluding hydrogens is 238 g/mol. The Kier molecular flexibility index (Phi) is 4.67. The van der Waals surface area contributed by atoms with Gasteiger partial charge in [-0.05, 0) is 18.6 Å². The molecule has 6 nitrogen and oxygen atoms in total. The maximum Gasteiger partial charge on any atom is 0.326 e. The van der Waals surface area contributed by atoms with Gasteiger partial charge in [0.15, 0.2) is 0 Å². The van der Waals surface area contributed by atoms with Crippen molar-refractivity contribution in [3.05, 3.63) is 29.3 Å². The first-order valence-corrected chi connectivity index (χ1v) is 5.40. The van der Waals surface area contributed by atoms with E-state index in [9.17, 15) is 14.7 Å². The number of carboxylic acid groups (broad SMARTS) is 1. The van der Waals surface area contributed by atoms with Crippen molar-refractivity contribution in [1.29, 1.82) is 0 Å². The summed E-state index contributed by atoms with van der Waals surface area (Å²) in [6, 6.07) is 3.44. The number of carbonyl (C=O) groups is 2. The number of aromatic hydroxyl groups is 1. The molecule has 4 N–H and O–H groups in total. The Morgan fingerprint density at radius 1 is 1.39 bits per heavy atom. The molecule has 0 heterocycles. The van der Waals surface area contributed by atoms with E-state index < -0.39 is 17.9 Å². The van der Waals surface area contributed by atoms with Crippen LogP contribution in [0, 0.1) is 6.92 Å². The predicted molar refractivity (Wildman–Crippen MR) is 63.4 cm³/mol. The molecule has 1 atom stereocenters. The summed E-state index contributed by atoms with van der Waals surface area (Å²) < 4.78 is 0. The normalized spacial score (nSPS) is 11.9. The van der Waals surface area contributed by atoms with Gasteiger partial charge in [-0.15, -0.1) is 0 Å². The number of hydrogen-bond acceptors (Lipinski definition) is 4. The average Bonchev–Trinajstić information content (AvgIpc) is 2.31. The van der Waals surface area contributed by atoms with Crippen molar-refractivity contribution in [1.82, 2.24) is 5.32 Å². The molecular formula is C12H15NO5. The van der Waals surface area contributed by atoms with Crippen LogP contribution in [0.2, 0.25) is 0 Å². The number of aliphatic hydroxyl groups excluding tert-OH is 1. The van der Waals surface area contributed by atoms with Gasteiger partial charge in [0.25, 0.3) is 5.91 Å². The van der Waals surface area contributed by atoms with Gasteiger partial charge in [-0.1, -0.05) is 12.1 Å². The van der Waals surface area contributed by atoms with Gasteiger partial charge in [0.1, 0.15) is 11.8 Å². The number of phenols is 1. The summed E-state index contributed by atoms with van der Waals surface area (Å²) in [5.74, 6) is -2.09. The Morgan fingerprint density at radius 2 is 2.06 bits per heavy atom. The Hall–Kier alpha value is -2.08. The molecule has 18 heavy (non-hydrogen) atoms. The molecule has 6 heteroatoms. The van der Waals surface area contributed by atoms with Gasteiger partial charge in [0, 0.05) is 13.0 Å². The second-order valence-corrected chi connectivity index (χ2v) is 3.85. The lowest BCUT2D eigenvalue weighted by atomic mass is 10.1. The van der Waals surface area contributed by atoms with Crippen molar-refractivity contribution in [3.63, 3.8) is 0 Å². The molecule has 1 rings (SSSR count). The van der Waals surface area contributed by atoms with Crippen LogP contribution in [-0.4, -0.2) is 39.8 Å². The van der Waals surface area contributed by atoms with E-state index in [0.29, 0.717) is 5.56 Å². The molecule has 0 spiro atoms. The van der Waals surface area contributed by atoms with Crippen molar-refractivity contribution < 1.29 is 24.9 Å². The molecule has 1 aromatic carbocycles. The van der Waals surface area contributed by atoms with Gasteiger partial charge in [-0.2, -0.15) is 0 Å². The smallest absolute Gasteiger partial charge is 0.326 e. The molecule has 0 aliphatic rings.